The predicted octanol–water partition coefficient (Wildman–Crippen LogP) is 2.55. The van der Waals surface area contributed by atoms with Gasteiger partial charge in [0.25, 0.3) is 0 Å². The van der Waals surface area contributed by atoms with E-state index in [2.05, 4.69) is 46.8 Å². The van der Waals surface area contributed by atoms with Crippen LogP contribution >= 0.6 is 0 Å². The first-order valence-corrected chi connectivity index (χ1v) is 4.70. The lowest BCUT2D eigenvalue weighted by molar-refractivity contribution is 0.311. The second-order valence-electron chi connectivity index (χ2n) is 3.61. The minimum atomic E-state index is 0.640. The summed E-state index contributed by atoms with van der Waals surface area (Å²) in [6.45, 7) is 11.2. The van der Waals surface area contributed by atoms with Crippen LogP contribution < -0.4 is 0 Å². The fourth-order valence-electron chi connectivity index (χ4n) is 1.30. The Labute approximate surface area is 72.4 Å². The molecule has 0 saturated carbocycles. The Balaban J connectivity index is 3.70. The van der Waals surface area contributed by atoms with Gasteiger partial charge in [-0.05, 0) is 12.1 Å². The standard InChI is InChI=1S/C9H21BN/c1-6-7-10-11(8(2)3)9(4)5/h8-9H,6-7H2,1-5H3. The molecule has 0 bridgehead atoms. The summed E-state index contributed by atoms with van der Waals surface area (Å²) in [4.78, 5) is 2.42. The summed E-state index contributed by atoms with van der Waals surface area (Å²) in [7, 11) is 2.33. The molecule has 0 unspecified atom stereocenters. The molecule has 0 rings (SSSR count). The van der Waals surface area contributed by atoms with Gasteiger partial charge in [0.05, 0.1) is 0 Å². The van der Waals surface area contributed by atoms with Crippen LogP contribution in [0.3, 0.4) is 0 Å². The van der Waals surface area contributed by atoms with E-state index in [1.807, 2.05) is 0 Å². The van der Waals surface area contributed by atoms with Crippen LogP contribution in [0, 0.1) is 0 Å². The lowest BCUT2D eigenvalue weighted by Gasteiger charge is -2.30. The van der Waals surface area contributed by atoms with E-state index in [9.17, 15) is 0 Å². The molecule has 0 aromatic carbocycles. The van der Waals surface area contributed by atoms with E-state index < -0.39 is 0 Å². The summed E-state index contributed by atoms with van der Waals surface area (Å²) in [5.41, 5.74) is 0. The summed E-state index contributed by atoms with van der Waals surface area (Å²) >= 11 is 0. The van der Waals surface area contributed by atoms with Crippen molar-refractivity contribution in [2.24, 2.45) is 0 Å². The zero-order valence-electron chi connectivity index (χ0n) is 8.59. The van der Waals surface area contributed by atoms with Crippen LogP contribution in [-0.2, 0) is 0 Å². The highest BCUT2D eigenvalue weighted by Gasteiger charge is 2.12. The van der Waals surface area contributed by atoms with Crippen molar-refractivity contribution in [3.8, 4) is 0 Å². The second kappa shape index (κ2) is 5.65. The van der Waals surface area contributed by atoms with Gasteiger partial charge in [0.15, 0.2) is 0 Å². The molecular formula is C9H21BN. The maximum atomic E-state index is 2.42. The molecule has 2 heteroatoms. The van der Waals surface area contributed by atoms with Crippen LogP contribution in [-0.4, -0.2) is 24.3 Å². The molecule has 0 aliphatic carbocycles. The minimum Gasteiger partial charge on any atom is -0.342 e. The smallest absolute Gasteiger partial charge is 0.209 e. The Morgan fingerprint density at radius 2 is 1.55 bits per heavy atom. The highest BCUT2D eigenvalue weighted by atomic mass is 15.1. The van der Waals surface area contributed by atoms with Gasteiger partial charge < -0.3 is 4.81 Å². The summed E-state index contributed by atoms with van der Waals surface area (Å²) in [6, 6.07) is 1.28. The fourth-order valence-corrected chi connectivity index (χ4v) is 1.30. The monoisotopic (exact) mass is 154 g/mol. The van der Waals surface area contributed by atoms with Gasteiger partial charge in [-0.3, -0.25) is 0 Å². The van der Waals surface area contributed by atoms with Gasteiger partial charge >= 0.3 is 0 Å². The number of rotatable bonds is 5. The van der Waals surface area contributed by atoms with E-state index in [4.69, 9.17) is 0 Å². The third-order valence-corrected chi connectivity index (χ3v) is 1.82. The third-order valence-electron chi connectivity index (χ3n) is 1.82. The minimum absolute atomic E-state index is 0.640. The van der Waals surface area contributed by atoms with Crippen molar-refractivity contribution in [2.75, 3.05) is 0 Å². The Bertz CT molecular complexity index is 83.6. The zero-order valence-corrected chi connectivity index (χ0v) is 8.59. The van der Waals surface area contributed by atoms with E-state index in [0.29, 0.717) is 12.1 Å². The topological polar surface area (TPSA) is 3.24 Å². The predicted molar refractivity (Wildman–Crippen MR) is 53.0 cm³/mol. The SMILES string of the molecule is CCC[B]N(C(C)C)C(C)C. The summed E-state index contributed by atoms with van der Waals surface area (Å²) < 4.78 is 0. The molecule has 65 valence electrons. The van der Waals surface area contributed by atoms with Crippen molar-refractivity contribution < 1.29 is 0 Å². The molecule has 0 amide bonds. The molecule has 11 heavy (non-hydrogen) atoms. The molecule has 1 radical (unpaired) electrons. The van der Waals surface area contributed by atoms with E-state index in [1.165, 1.54) is 12.7 Å². The summed E-state index contributed by atoms with van der Waals surface area (Å²) in [5.74, 6) is 0. The summed E-state index contributed by atoms with van der Waals surface area (Å²) in [5, 5.41) is 0. The number of nitrogens with zero attached hydrogens (tertiary/aromatic N) is 1. The zero-order chi connectivity index (χ0) is 8.85. The third kappa shape index (κ3) is 4.46. The molecule has 0 aliphatic rings. The van der Waals surface area contributed by atoms with Crippen molar-refractivity contribution in [3.63, 3.8) is 0 Å². The van der Waals surface area contributed by atoms with Crippen LogP contribution in [0.2, 0.25) is 6.32 Å². The molecule has 0 spiro atoms. The first kappa shape index (κ1) is 11.0. The van der Waals surface area contributed by atoms with E-state index >= 15 is 0 Å². The average Bonchev–Trinajstić information content (AvgIpc) is 1.87. The largest absolute Gasteiger partial charge is 0.342 e. The fraction of sp³-hybridized carbons (Fsp3) is 1.00. The Hall–Kier alpha value is 0.0249. The van der Waals surface area contributed by atoms with Crippen molar-refractivity contribution in [3.05, 3.63) is 0 Å². The van der Waals surface area contributed by atoms with Gasteiger partial charge in [-0.2, -0.15) is 0 Å². The maximum Gasteiger partial charge on any atom is 0.209 e. The van der Waals surface area contributed by atoms with Crippen LogP contribution in [0.25, 0.3) is 0 Å². The molecule has 0 aromatic heterocycles. The van der Waals surface area contributed by atoms with Gasteiger partial charge in [0.2, 0.25) is 7.41 Å². The quantitative estimate of drug-likeness (QED) is 0.550. The van der Waals surface area contributed by atoms with Crippen molar-refractivity contribution in [1.29, 1.82) is 0 Å². The van der Waals surface area contributed by atoms with Gasteiger partial charge in [-0.1, -0.05) is 47.4 Å². The van der Waals surface area contributed by atoms with E-state index in [0.717, 1.165) is 0 Å². The molecule has 0 saturated heterocycles. The molecule has 0 aliphatic heterocycles. The van der Waals surface area contributed by atoms with Gasteiger partial charge in [0.1, 0.15) is 0 Å². The lowest BCUT2D eigenvalue weighted by Crippen LogP contribution is -2.39. The number of hydrogen-bond acceptors (Lipinski definition) is 1. The Kier molecular flexibility index (Phi) is 5.66. The van der Waals surface area contributed by atoms with Gasteiger partial charge in [-0.15, -0.1) is 0 Å². The van der Waals surface area contributed by atoms with E-state index in [1.54, 1.807) is 0 Å². The van der Waals surface area contributed by atoms with E-state index in [-0.39, 0.29) is 0 Å². The first-order valence-electron chi connectivity index (χ1n) is 4.70. The second-order valence-corrected chi connectivity index (χ2v) is 3.61. The maximum absolute atomic E-state index is 2.42. The summed E-state index contributed by atoms with van der Waals surface area (Å²) in [6.07, 6.45) is 2.45. The average molecular weight is 154 g/mol. The molecule has 0 N–H and O–H groups in total. The Morgan fingerprint density at radius 3 is 1.82 bits per heavy atom. The molecule has 0 aromatic rings. The van der Waals surface area contributed by atoms with Crippen LogP contribution in [0.4, 0.5) is 0 Å². The molecular weight excluding hydrogens is 133 g/mol. The normalized spacial score (nSPS) is 11.6. The van der Waals surface area contributed by atoms with Crippen molar-refractivity contribution >= 4 is 7.41 Å². The van der Waals surface area contributed by atoms with Crippen LogP contribution in [0.5, 0.6) is 0 Å². The van der Waals surface area contributed by atoms with Gasteiger partial charge in [-0.25, -0.2) is 0 Å². The van der Waals surface area contributed by atoms with Crippen molar-refractivity contribution in [2.45, 2.75) is 59.4 Å². The molecule has 1 nitrogen and oxygen atoms in total. The lowest BCUT2D eigenvalue weighted by atomic mass is 9.82. The Morgan fingerprint density at radius 1 is 1.09 bits per heavy atom. The van der Waals surface area contributed by atoms with Crippen LogP contribution in [0.15, 0.2) is 0 Å². The molecule has 0 fully saturated rings. The highest BCUT2D eigenvalue weighted by molar-refractivity contribution is 6.32. The highest BCUT2D eigenvalue weighted by Crippen LogP contribution is 2.04. The van der Waals surface area contributed by atoms with Crippen LogP contribution in [0.1, 0.15) is 41.0 Å². The first-order chi connectivity index (χ1) is 5.09. The molecule has 0 heterocycles. The molecule has 0 atom stereocenters. The van der Waals surface area contributed by atoms with Crippen molar-refractivity contribution in [1.82, 2.24) is 4.81 Å². The van der Waals surface area contributed by atoms with Gasteiger partial charge in [0, 0.05) is 0 Å². The number of hydrogen-bond donors (Lipinski definition) is 0.